The van der Waals surface area contributed by atoms with Crippen LogP contribution < -0.4 is 10.6 Å². The molecule has 0 unspecified atom stereocenters. The van der Waals surface area contributed by atoms with E-state index in [1.54, 1.807) is 24.4 Å². The lowest BCUT2D eigenvalue weighted by Crippen LogP contribution is -2.32. The maximum absolute atomic E-state index is 13.3. The second-order valence-corrected chi connectivity index (χ2v) is 7.66. The van der Waals surface area contributed by atoms with Gasteiger partial charge < -0.3 is 10.6 Å². The van der Waals surface area contributed by atoms with Crippen LogP contribution in [-0.4, -0.2) is 23.3 Å². The average molecular weight is 397 g/mol. The van der Waals surface area contributed by atoms with Crippen LogP contribution in [-0.2, 0) is 11.2 Å². The summed E-state index contributed by atoms with van der Waals surface area (Å²) in [4.78, 5) is 29.4. The van der Waals surface area contributed by atoms with Crippen molar-refractivity contribution in [3.63, 3.8) is 0 Å². The van der Waals surface area contributed by atoms with Crippen LogP contribution in [0.5, 0.6) is 0 Å². The Labute approximate surface area is 166 Å². The molecule has 2 amide bonds. The van der Waals surface area contributed by atoms with Crippen molar-refractivity contribution < 1.29 is 14.0 Å². The van der Waals surface area contributed by atoms with Gasteiger partial charge in [0.2, 0.25) is 5.91 Å². The van der Waals surface area contributed by atoms with Crippen LogP contribution in [0, 0.1) is 19.7 Å². The van der Waals surface area contributed by atoms with Crippen LogP contribution in [0.25, 0.3) is 0 Å². The van der Waals surface area contributed by atoms with Gasteiger partial charge in [-0.1, -0.05) is 29.3 Å². The summed E-state index contributed by atoms with van der Waals surface area (Å²) in [5.41, 5.74) is 3.34. The molecule has 28 heavy (non-hydrogen) atoms. The van der Waals surface area contributed by atoms with Crippen molar-refractivity contribution in [2.75, 3.05) is 11.9 Å². The standard InChI is InChI=1S/C21H20FN3O2S/c1-13-6-14(2)8-16(7-13)20(27)23-12-19(26)25-21-24-11-18(28-21)10-15-4-3-5-17(22)9-15/h3-9,11H,10,12H2,1-2H3,(H,23,27)(H,24,25,26). The van der Waals surface area contributed by atoms with Crippen LogP contribution in [0.4, 0.5) is 9.52 Å². The summed E-state index contributed by atoms with van der Waals surface area (Å²) in [6.45, 7) is 3.69. The van der Waals surface area contributed by atoms with Crippen molar-refractivity contribution >= 4 is 28.3 Å². The van der Waals surface area contributed by atoms with E-state index in [1.165, 1.54) is 23.5 Å². The number of aromatic nitrogens is 1. The third-order valence-corrected chi connectivity index (χ3v) is 4.87. The fourth-order valence-corrected chi connectivity index (χ4v) is 3.69. The van der Waals surface area contributed by atoms with Crippen LogP contribution in [0.2, 0.25) is 0 Å². The number of benzene rings is 2. The van der Waals surface area contributed by atoms with Crippen molar-refractivity contribution in [3.05, 3.63) is 81.6 Å². The summed E-state index contributed by atoms with van der Waals surface area (Å²) in [6.07, 6.45) is 2.19. The third kappa shape index (κ3) is 5.47. The minimum atomic E-state index is -0.357. The maximum atomic E-state index is 13.3. The molecule has 0 atom stereocenters. The Hall–Kier alpha value is -3.06. The molecule has 1 heterocycles. The van der Waals surface area contributed by atoms with Crippen LogP contribution in [0.15, 0.2) is 48.7 Å². The van der Waals surface area contributed by atoms with E-state index in [2.05, 4.69) is 15.6 Å². The number of nitrogens with zero attached hydrogens (tertiary/aromatic N) is 1. The highest BCUT2D eigenvalue weighted by Crippen LogP contribution is 2.21. The molecule has 3 rings (SSSR count). The number of halogens is 1. The van der Waals surface area contributed by atoms with Crippen molar-refractivity contribution in [2.24, 2.45) is 0 Å². The van der Waals surface area contributed by atoms with Crippen molar-refractivity contribution in [1.82, 2.24) is 10.3 Å². The zero-order valence-electron chi connectivity index (χ0n) is 15.6. The Morgan fingerprint density at radius 2 is 1.86 bits per heavy atom. The number of hydrogen-bond donors (Lipinski definition) is 2. The van der Waals surface area contributed by atoms with Gasteiger partial charge in [0, 0.05) is 23.1 Å². The molecule has 7 heteroatoms. The molecule has 0 spiro atoms. The topological polar surface area (TPSA) is 71.1 Å². The number of thiazole rings is 1. The maximum Gasteiger partial charge on any atom is 0.251 e. The van der Waals surface area contributed by atoms with Crippen molar-refractivity contribution in [1.29, 1.82) is 0 Å². The van der Waals surface area contributed by atoms with E-state index < -0.39 is 0 Å². The van der Waals surface area contributed by atoms with E-state index >= 15 is 0 Å². The molecule has 2 aromatic carbocycles. The first-order valence-corrected chi connectivity index (χ1v) is 9.56. The molecule has 0 aliphatic carbocycles. The van der Waals surface area contributed by atoms with Crippen molar-refractivity contribution in [3.8, 4) is 0 Å². The molecule has 0 radical (unpaired) electrons. The predicted molar refractivity (Wildman–Crippen MR) is 108 cm³/mol. The number of carbonyl (C=O) groups is 2. The first-order chi connectivity index (χ1) is 13.4. The molecule has 0 fully saturated rings. The molecule has 0 bridgehead atoms. The first-order valence-electron chi connectivity index (χ1n) is 8.74. The van der Waals surface area contributed by atoms with Gasteiger partial charge in [0.15, 0.2) is 5.13 Å². The van der Waals surface area contributed by atoms with Gasteiger partial charge in [-0.15, -0.1) is 11.3 Å². The van der Waals surface area contributed by atoms with Crippen molar-refractivity contribution in [2.45, 2.75) is 20.3 Å². The second-order valence-electron chi connectivity index (χ2n) is 6.55. The monoisotopic (exact) mass is 397 g/mol. The molecular formula is C21H20FN3O2S. The van der Waals surface area contributed by atoms with Gasteiger partial charge in [-0.05, 0) is 43.7 Å². The van der Waals surface area contributed by atoms with Crippen LogP contribution in [0.1, 0.15) is 31.9 Å². The molecule has 5 nitrogen and oxygen atoms in total. The SMILES string of the molecule is Cc1cc(C)cc(C(=O)NCC(=O)Nc2ncc(Cc3cccc(F)c3)s2)c1. The molecule has 0 aliphatic heterocycles. The zero-order valence-corrected chi connectivity index (χ0v) is 16.4. The molecule has 0 saturated carbocycles. The molecule has 0 aliphatic rings. The fourth-order valence-electron chi connectivity index (χ4n) is 2.83. The number of aryl methyl sites for hydroxylation is 2. The molecule has 0 saturated heterocycles. The average Bonchev–Trinajstić information content (AvgIpc) is 3.05. The Morgan fingerprint density at radius 1 is 1.11 bits per heavy atom. The molecule has 3 aromatic rings. The number of anilines is 1. The van der Waals surface area contributed by atoms with Gasteiger partial charge in [-0.2, -0.15) is 0 Å². The number of nitrogens with one attached hydrogen (secondary N) is 2. The summed E-state index contributed by atoms with van der Waals surface area (Å²) in [6, 6.07) is 11.9. The van der Waals surface area contributed by atoms with Crippen LogP contribution in [0.3, 0.4) is 0 Å². The van der Waals surface area contributed by atoms with Gasteiger partial charge >= 0.3 is 0 Å². The molecule has 1 aromatic heterocycles. The summed E-state index contributed by atoms with van der Waals surface area (Å²) in [5, 5.41) is 5.72. The van der Waals surface area contributed by atoms with Gasteiger partial charge in [0.1, 0.15) is 5.82 Å². The normalized spacial score (nSPS) is 10.5. The second kappa shape index (κ2) is 8.75. The lowest BCUT2D eigenvalue weighted by Gasteiger charge is -2.07. The van der Waals surface area contributed by atoms with Gasteiger partial charge in [0.25, 0.3) is 5.91 Å². The zero-order chi connectivity index (χ0) is 20.1. The lowest BCUT2D eigenvalue weighted by atomic mass is 10.1. The van der Waals surface area contributed by atoms with E-state index in [-0.39, 0.29) is 24.2 Å². The summed E-state index contributed by atoms with van der Waals surface area (Å²) in [7, 11) is 0. The van der Waals surface area contributed by atoms with E-state index in [0.29, 0.717) is 17.1 Å². The van der Waals surface area contributed by atoms with Gasteiger partial charge in [-0.25, -0.2) is 9.37 Å². The molecular weight excluding hydrogens is 377 g/mol. The number of rotatable bonds is 6. The smallest absolute Gasteiger partial charge is 0.251 e. The number of amides is 2. The number of hydrogen-bond acceptors (Lipinski definition) is 4. The van der Waals surface area contributed by atoms with E-state index in [4.69, 9.17) is 0 Å². The highest BCUT2D eigenvalue weighted by Gasteiger charge is 2.11. The summed E-state index contributed by atoms with van der Waals surface area (Å²) in [5.74, 6) is -0.938. The fraction of sp³-hybridized carbons (Fsp3) is 0.190. The minimum absolute atomic E-state index is 0.148. The molecule has 144 valence electrons. The number of carbonyl (C=O) groups excluding carboxylic acids is 2. The summed E-state index contributed by atoms with van der Waals surface area (Å²) < 4.78 is 13.3. The first kappa shape index (κ1) is 19.7. The molecule has 2 N–H and O–H groups in total. The highest BCUT2D eigenvalue weighted by atomic mass is 32.1. The van der Waals surface area contributed by atoms with E-state index in [1.807, 2.05) is 26.0 Å². The summed E-state index contributed by atoms with van der Waals surface area (Å²) >= 11 is 1.32. The Morgan fingerprint density at radius 3 is 2.57 bits per heavy atom. The Kier molecular flexibility index (Phi) is 6.16. The Balaban J connectivity index is 1.52. The van der Waals surface area contributed by atoms with Crippen LogP contribution >= 0.6 is 11.3 Å². The van der Waals surface area contributed by atoms with E-state index in [9.17, 15) is 14.0 Å². The Bertz CT molecular complexity index is 996. The predicted octanol–water partition coefficient (Wildman–Crippen LogP) is 3.86. The third-order valence-electron chi connectivity index (χ3n) is 3.96. The minimum Gasteiger partial charge on any atom is -0.343 e. The lowest BCUT2D eigenvalue weighted by molar-refractivity contribution is -0.115. The highest BCUT2D eigenvalue weighted by molar-refractivity contribution is 7.15. The van der Waals surface area contributed by atoms with E-state index in [0.717, 1.165) is 21.6 Å². The van der Waals surface area contributed by atoms with Gasteiger partial charge in [-0.3, -0.25) is 9.59 Å². The quantitative estimate of drug-likeness (QED) is 0.664. The van der Waals surface area contributed by atoms with Gasteiger partial charge in [0.05, 0.1) is 6.54 Å². The largest absolute Gasteiger partial charge is 0.343 e.